The summed E-state index contributed by atoms with van der Waals surface area (Å²) in [4.78, 5) is 14.0. The number of nitrogens with zero attached hydrogens (tertiary/aromatic N) is 3. The number of carbonyl (C=O) groups excluding carboxylic acids is 1. The zero-order valence-electron chi connectivity index (χ0n) is 12.5. The third-order valence-corrected chi connectivity index (χ3v) is 4.01. The van der Waals surface area contributed by atoms with Crippen LogP contribution in [0, 0.1) is 0 Å². The predicted molar refractivity (Wildman–Crippen MR) is 76.1 cm³/mol. The summed E-state index contributed by atoms with van der Waals surface area (Å²) in [7, 11) is 1.61. The fraction of sp³-hybridized carbons (Fsp3) is 0.714. The first-order valence-corrected chi connectivity index (χ1v) is 7.07. The Labute approximate surface area is 119 Å². The van der Waals surface area contributed by atoms with E-state index in [4.69, 9.17) is 10.5 Å². The average Bonchev–Trinajstić information content (AvgIpc) is 2.99. The fourth-order valence-electron chi connectivity index (χ4n) is 2.86. The van der Waals surface area contributed by atoms with Gasteiger partial charge in [0.05, 0.1) is 12.3 Å². The number of primary amides is 1. The summed E-state index contributed by atoms with van der Waals surface area (Å²) in [6.07, 6.45) is 3.68. The first-order chi connectivity index (χ1) is 9.49. The molecule has 2 heterocycles. The highest BCUT2D eigenvalue weighted by Crippen LogP contribution is 2.31. The maximum absolute atomic E-state index is 11.9. The number of methoxy groups -OCH3 is 1. The van der Waals surface area contributed by atoms with E-state index in [-0.39, 0.29) is 5.91 Å². The molecule has 0 aliphatic carbocycles. The van der Waals surface area contributed by atoms with Gasteiger partial charge < -0.3 is 10.5 Å². The average molecular weight is 280 g/mol. The number of rotatable bonds is 6. The van der Waals surface area contributed by atoms with Gasteiger partial charge in [-0.05, 0) is 39.3 Å². The van der Waals surface area contributed by atoms with Crippen LogP contribution in [0.25, 0.3) is 0 Å². The minimum atomic E-state index is -0.684. The van der Waals surface area contributed by atoms with Gasteiger partial charge in [0, 0.05) is 25.9 Å². The van der Waals surface area contributed by atoms with Gasteiger partial charge in [0.15, 0.2) is 0 Å². The van der Waals surface area contributed by atoms with Crippen molar-refractivity contribution >= 4 is 5.91 Å². The van der Waals surface area contributed by atoms with Gasteiger partial charge in [0.25, 0.3) is 0 Å². The van der Waals surface area contributed by atoms with Crippen molar-refractivity contribution in [3.63, 3.8) is 0 Å². The monoisotopic (exact) mass is 280 g/mol. The lowest BCUT2D eigenvalue weighted by Gasteiger charge is -2.34. The zero-order chi connectivity index (χ0) is 14.8. The molecule has 1 fully saturated rings. The Kier molecular flexibility index (Phi) is 4.45. The van der Waals surface area contributed by atoms with Gasteiger partial charge in [-0.1, -0.05) is 0 Å². The number of hydrogen-bond acceptors (Lipinski definition) is 4. The molecule has 0 aromatic carbocycles. The van der Waals surface area contributed by atoms with Crippen LogP contribution in [0.15, 0.2) is 12.3 Å². The maximum atomic E-state index is 11.9. The number of hydrogen-bond donors (Lipinski definition) is 1. The van der Waals surface area contributed by atoms with Gasteiger partial charge in [0.2, 0.25) is 5.91 Å². The molecule has 1 saturated heterocycles. The Morgan fingerprint density at radius 1 is 1.60 bits per heavy atom. The highest BCUT2D eigenvalue weighted by atomic mass is 16.5. The summed E-state index contributed by atoms with van der Waals surface area (Å²) >= 11 is 0. The molecule has 0 bridgehead atoms. The van der Waals surface area contributed by atoms with Crippen molar-refractivity contribution in [2.75, 3.05) is 20.3 Å². The van der Waals surface area contributed by atoms with Crippen LogP contribution in [0.1, 0.15) is 38.4 Å². The van der Waals surface area contributed by atoms with Crippen molar-refractivity contribution in [1.29, 1.82) is 0 Å². The van der Waals surface area contributed by atoms with Gasteiger partial charge >= 0.3 is 0 Å². The Morgan fingerprint density at radius 3 is 2.90 bits per heavy atom. The topological polar surface area (TPSA) is 73.4 Å². The minimum absolute atomic E-state index is 0.305. The Morgan fingerprint density at radius 2 is 2.35 bits per heavy atom. The standard InChI is InChI=1S/C14H24N4O2/c1-11(2)18-8-5-12(16-18)9-17-7-4-6-14(17,10-20-3)13(15)19/h5,8,11H,4,6-7,9-10H2,1-3H3,(H2,15,19). The van der Waals surface area contributed by atoms with Crippen molar-refractivity contribution in [2.24, 2.45) is 5.73 Å². The van der Waals surface area contributed by atoms with Crippen molar-refractivity contribution in [3.8, 4) is 0 Å². The van der Waals surface area contributed by atoms with Crippen LogP contribution in [-0.4, -0.2) is 46.4 Å². The number of likely N-dealkylation sites (tertiary alicyclic amines) is 1. The van der Waals surface area contributed by atoms with Crippen LogP contribution in [0.3, 0.4) is 0 Å². The molecule has 1 atom stereocenters. The quantitative estimate of drug-likeness (QED) is 0.841. The molecule has 2 N–H and O–H groups in total. The molecule has 6 heteroatoms. The smallest absolute Gasteiger partial charge is 0.240 e. The second-order valence-electron chi connectivity index (χ2n) is 5.73. The molecule has 1 aromatic rings. The van der Waals surface area contributed by atoms with Crippen molar-refractivity contribution in [2.45, 2.75) is 44.8 Å². The van der Waals surface area contributed by atoms with E-state index in [9.17, 15) is 4.79 Å². The molecule has 0 radical (unpaired) electrons. The molecule has 20 heavy (non-hydrogen) atoms. The fourth-order valence-corrected chi connectivity index (χ4v) is 2.86. The van der Waals surface area contributed by atoms with E-state index >= 15 is 0 Å². The second kappa shape index (κ2) is 5.93. The number of amides is 1. The van der Waals surface area contributed by atoms with Gasteiger partial charge in [-0.25, -0.2) is 0 Å². The lowest BCUT2D eigenvalue weighted by atomic mass is 9.96. The number of ether oxygens (including phenoxy) is 1. The Hall–Kier alpha value is -1.40. The summed E-state index contributed by atoms with van der Waals surface area (Å²) in [6, 6.07) is 2.33. The first-order valence-electron chi connectivity index (χ1n) is 7.07. The van der Waals surface area contributed by atoms with E-state index < -0.39 is 5.54 Å². The SMILES string of the molecule is COCC1(C(N)=O)CCCN1Cc1ccn(C(C)C)n1. The largest absolute Gasteiger partial charge is 0.382 e. The van der Waals surface area contributed by atoms with Gasteiger partial charge in [0.1, 0.15) is 5.54 Å². The number of aromatic nitrogens is 2. The number of carbonyl (C=O) groups is 1. The molecule has 1 unspecified atom stereocenters. The maximum Gasteiger partial charge on any atom is 0.240 e. The van der Waals surface area contributed by atoms with Crippen LogP contribution in [0.2, 0.25) is 0 Å². The third kappa shape index (κ3) is 2.71. The van der Waals surface area contributed by atoms with Gasteiger partial charge in [-0.3, -0.25) is 14.4 Å². The molecule has 1 aromatic heterocycles. The number of nitrogens with two attached hydrogens (primary N) is 1. The summed E-state index contributed by atoms with van der Waals surface area (Å²) in [5.41, 5.74) is 5.91. The summed E-state index contributed by atoms with van der Waals surface area (Å²) in [5, 5.41) is 4.54. The zero-order valence-corrected chi connectivity index (χ0v) is 12.5. The van der Waals surface area contributed by atoms with Crippen LogP contribution < -0.4 is 5.73 Å². The van der Waals surface area contributed by atoms with E-state index in [0.717, 1.165) is 25.1 Å². The lowest BCUT2D eigenvalue weighted by molar-refractivity contribution is -0.132. The molecule has 0 saturated carbocycles. The van der Waals surface area contributed by atoms with Crippen LogP contribution in [0.4, 0.5) is 0 Å². The molecule has 1 amide bonds. The van der Waals surface area contributed by atoms with E-state index in [1.807, 2.05) is 16.9 Å². The first kappa shape index (κ1) is 15.0. The molecular formula is C14H24N4O2. The second-order valence-corrected chi connectivity index (χ2v) is 5.73. The molecular weight excluding hydrogens is 256 g/mol. The van der Waals surface area contributed by atoms with E-state index in [1.54, 1.807) is 7.11 Å². The Balaban J connectivity index is 2.15. The van der Waals surface area contributed by atoms with Crippen LogP contribution in [0.5, 0.6) is 0 Å². The van der Waals surface area contributed by atoms with Gasteiger partial charge in [-0.2, -0.15) is 5.10 Å². The molecule has 6 nitrogen and oxygen atoms in total. The lowest BCUT2D eigenvalue weighted by Crippen LogP contribution is -2.56. The molecule has 112 valence electrons. The molecule has 0 spiro atoms. The normalized spacial score (nSPS) is 23.6. The van der Waals surface area contributed by atoms with Crippen molar-refractivity contribution in [3.05, 3.63) is 18.0 Å². The molecule has 2 rings (SSSR count). The Bertz CT molecular complexity index is 471. The summed E-state index contributed by atoms with van der Waals surface area (Å²) in [6.45, 7) is 6.00. The van der Waals surface area contributed by atoms with E-state index in [1.165, 1.54) is 0 Å². The van der Waals surface area contributed by atoms with Crippen LogP contribution >= 0.6 is 0 Å². The van der Waals surface area contributed by atoms with Gasteiger partial charge in [-0.15, -0.1) is 0 Å². The highest BCUT2D eigenvalue weighted by Gasteiger charge is 2.46. The van der Waals surface area contributed by atoms with Crippen molar-refractivity contribution in [1.82, 2.24) is 14.7 Å². The van der Waals surface area contributed by atoms with Crippen LogP contribution in [-0.2, 0) is 16.1 Å². The third-order valence-electron chi connectivity index (χ3n) is 4.01. The predicted octanol–water partition coefficient (Wildman–Crippen LogP) is 0.930. The minimum Gasteiger partial charge on any atom is -0.382 e. The summed E-state index contributed by atoms with van der Waals surface area (Å²) < 4.78 is 7.16. The molecule has 1 aliphatic heterocycles. The molecule has 1 aliphatic rings. The van der Waals surface area contributed by atoms with Crippen molar-refractivity contribution < 1.29 is 9.53 Å². The van der Waals surface area contributed by atoms with E-state index in [2.05, 4.69) is 23.8 Å². The highest BCUT2D eigenvalue weighted by molar-refractivity contribution is 5.85. The summed E-state index contributed by atoms with van der Waals surface area (Å²) in [5.74, 6) is -0.305. The van der Waals surface area contributed by atoms with E-state index in [0.29, 0.717) is 19.2 Å².